The van der Waals surface area contributed by atoms with Crippen molar-refractivity contribution in [2.24, 2.45) is 0 Å². The lowest BCUT2D eigenvalue weighted by Gasteiger charge is -2.27. The van der Waals surface area contributed by atoms with Crippen LogP contribution in [0.3, 0.4) is 0 Å². The number of rotatable bonds is 8. The number of amides is 4. The number of nitrogens with zero attached hydrogens (tertiary/aromatic N) is 1. The average Bonchev–Trinajstić information content (AvgIpc) is 2.69. The number of anilines is 1. The lowest BCUT2D eigenvalue weighted by molar-refractivity contribution is -0.126. The third kappa shape index (κ3) is 6.43. The van der Waals surface area contributed by atoms with E-state index in [1.807, 2.05) is 49.4 Å². The monoisotopic (exact) mass is 396 g/mol. The third-order valence-electron chi connectivity index (χ3n) is 4.44. The molecule has 0 spiro atoms. The first-order valence-electron chi connectivity index (χ1n) is 9.67. The fourth-order valence-electron chi connectivity index (χ4n) is 3.08. The SMILES string of the molecule is CCNC(=O)NC(=O)[C@@H](c1ccccc1)N(C)CC(=O)Nc1ccccc1CC. The summed E-state index contributed by atoms with van der Waals surface area (Å²) in [6, 6.07) is 15.3. The minimum atomic E-state index is -0.786. The summed E-state index contributed by atoms with van der Waals surface area (Å²) >= 11 is 0. The van der Waals surface area contributed by atoms with Gasteiger partial charge >= 0.3 is 6.03 Å². The maximum absolute atomic E-state index is 12.8. The van der Waals surface area contributed by atoms with Crippen LogP contribution in [0.15, 0.2) is 54.6 Å². The van der Waals surface area contributed by atoms with Crippen molar-refractivity contribution in [3.8, 4) is 0 Å². The van der Waals surface area contributed by atoms with Gasteiger partial charge in [-0.25, -0.2) is 4.79 Å². The van der Waals surface area contributed by atoms with Crippen molar-refractivity contribution in [1.29, 1.82) is 0 Å². The number of hydrogen-bond donors (Lipinski definition) is 3. The number of urea groups is 1. The maximum Gasteiger partial charge on any atom is 0.321 e. The Hall–Kier alpha value is -3.19. The molecule has 0 aliphatic heterocycles. The zero-order valence-electron chi connectivity index (χ0n) is 17.1. The summed E-state index contributed by atoms with van der Waals surface area (Å²) in [5.41, 5.74) is 2.49. The summed E-state index contributed by atoms with van der Waals surface area (Å²) in [6.45, 7) is 4.18. The minimum absolute atomic E-state index is 0.0135. The molecule has 2 aromatic rings. The van der Waals surface area contributed by atoms with E-state index < -0.39 is 18.0 Å². The van der Waals surface area contributed by atoms with Crippen molar-refractivity contribution in [3.05, 3.63) is 65.7 Å². The molecular weight excluding hydrogens is 368 g/mol. The quantitative estimate of drug-likeness (QED) is 0.640. The Bertz CT molecular complexity index is 839. The molecule has 0 unspecified atom stereocenters. The summed E-state index contributed by atoms with van der Waals surface area (Å²) in [5, 5.41) is 7.79. The van der Waals surface area contributed by atoms with E-state index in [1.54, 1.807) is 31.0 Å². The van der Waals surface area contributed by atoms with Crippen LogP contribution in [0.4, 0.5) is 10.5 Å². The van der Waals surface area contributed by atoms with Gasteiger partial charge in [-0.2, -0.15) is 0 Å². The lowest BCUT2D eigenvalue weighted by Crippen LogP contribution is -2.46. The Labute approximate surface area is 171 Å². The zero-order chi connectivity index (χ0) is 21.2. The van der Waals surface area contributed by atoms with Gasteiger partial charge in [0.05, 0.1) is 6.54 Å². The number of carbonyl (C=O) groups is 3. The first-order valence-corrected chi connectivity index (χ1v) is 9.67. The molecule has 0 aromatic heterocycles. The van der Waals surface area contributed by atoms with Crippen LogP contribution in [0, 0.1) is 0 Å². The van der Waals surface area contributed by atoms with Crippen LogP contribution in [0.5, 0.6) is 0 Å². The van der Waals surface area contributed by atoms with Crippen molar-refractivity contribution in [2.45, 2.75) is 26.3 Å². The molecule has 0 bridgehead atoms. The average molecular weight is 396 g/mol. The molecule has 1 atom stereocenters. The van der Waals surface area contributed by atoms with Gasteiger partial charge in [0.1, 0.15) is 6.04 Å². The fourth-order valence-corrected chi connectivity index (χ4v) is 3.08. The Balaban J connectivity index is 2.14. The Morgan fingerprint density at radius 3 is 2.28 bits per heavy atom. The number of aryl methyl sites for hydroxylation is 1. The van der Waals surface area contributed by atoms with Crippen molar-refractivity contribution in [1.82, 2.24) is 15.5 Å². The molecule has 4 amide bonds. The van der Waals surface area contributed by atoms with Crippen LogP contribution in [0.1, 0.15) is 31.0 Å². The molecule has 2 aromatic carbocycles. The second kappa shape index (κ2) is 11.0. The molecule has 0 saturated heterocycles. The van der Waals surface area contributed by atoms with E-state index in [1.165, 1.54) is 0 Å². The summed E-state index contributed by atoms with van der Waals surface area (Å²) in [6.07, 6.45) is 0.799. The molecule has 0 aliphatic carbocycles. The molecule has 0 fully saturated rings. The molecule has 29 heavy (non-hydrogen) atoms. The number of benzene rings is 2. The molecule has 7 nitrogen and oxygen atoms in total. The predicted octanol–water partition coefficient (Wildman–Crippen LogP) is 2.71. The molecular formula is C22H28N4O3. The summed E-state index contributed by atoms with van der Waals surface area (Å²) in [5.74, 6) is -0.730. The van der Waals surface area contributed by atoms with Gasteiger partial charge in [0, 0.05) is 12.2 Å². The van der Waals surface area contributed by atoms with Crippen molar-refractivity contribution in [3.63, 3.8) is 0 Å². The van der Waals surface area contributed by atoms with Crippen molar-refractivity contribution >= 4 is 23.5 Å². The maximum atomic E-state index is 12.8. The van der Waals surface area contributed by atoms with Crippen LogP contribution >= 0.6 is 0 Å². The fraction of sp³-hybridized carbons (Fsp3) is 0.318. The summed E-state index contributed by atoms with van der Waals surface area (Å²) in [4.78, 5) is 38.8. The number of likely N-dealkylation sites (N-methyl/N-ethyl adjacent to an activating group) is 1. The van der Waals surface area contributed by atoms with E-state index in [0.717, 1.165) is 17.7 Å². The van der Waals surface area contributed by atoms with Gasteiger partial charge in [0.15, 0.2) is 0 Å². The normalized spacial score (nSPS) is 11.6. The molecule has 0 heterocycles. The summed E-state index contributed by atoms with van der Waals surface area (Å²) in [7, 11) is 1.68. The lowest BCUT2D eigenvalue weighted by atomic mass is 10.0. The molecule has 2 rings (SSSR count). The first kappa shape index (κ1) is 22.1. The number of para-hydroxylation sites is 1. The van der Waals surface area contributed by atoms with E-state index in [4.69, 9.17) is 0 Å². The van der Waals surface area contributed by atoms with E-state index in [0.29, 0.717) is 12.1 Å². The van der Waals surface area contributed by atoms with E-state index in [-0.39, 0.29) is 12.5 Å². The molecule has 3 N–H and O–H groups in total. The predicted molar refractivity (Wildman–Crippen MR) is 113 cm³/mol. The molecule has 0 saturated carbocycles. The van der Waals surface area contributed by atoms with Crippen LogP contribution in [0.2, 0.25) is 0 Å². The van der Waals surface area contributed by atoms with Gasteiger partial charge in [0.2, 0.25) is 11.8 Å². The molecule has 7 heteroatoms. The summed E-state index contributed by atoms with van der Waals surface area (Å²) < 4.78 is 0. The minimum Gasteiger partial charge on any atom is -0.338 e. The van der Waals surface area contributed by atoms with Crippen LogP contribution in [-0.4, -0.2) is 42.9 Å². The third-order valence-corrected chi connectivity index (χ3v) is 4.44. The van der Waals surface area contributed by atoms with Crippen molar-refractivity contribution in [2.75, 3.05) is 25.5 Å². The Morgan fingerprint density at radius 1 is 0.966 bits per heavy atom. The second-order valence-electron chi connectivity index (χ2n) is 6.64. The second-order valence-corrected chi connectivity index (χ2v) is 6.64. The highest BCUT2D eigenvalue weighted by molar-refractivity contribution is 5.98. The topological polar surface area (TPSA) is 90.5 Å². The highest BCUT2D eigenvalue weighted by Gasteiger charge is 2.27. The molecule has 0 aliphatic rings. The smallest absolute Gasteiger partial charge is 0.321 e. The van der Waals surface area contributed by atoms with E-state index in [2.05, 4.69) is 16.0 Å². The van der Waals surface area contributed by atoms with Crippen LogP contribution in [-0.2, 0) is 16.0 Å². The number of nitrogens with one attached hydrogen (secondary N) is 3. The van der Waals surface area contributed by atoms with Crippen LogP contribution in [0.25, 0.3) is 0 Å². The van der Waals surface area contributed by atoms with E-state index >= 15 is 0 Å². The molecule has 0 radical (unpaired) electrons. The number of hydrogen-bond acceptors (Lipinski definition) is 4. The van der Waals surface area contributed by atoms with Gasteiger partial charge in [-0.1, -0.05) is 55.5 Å². The zero-order valence-corrected chi connectivity index (χ0v) is 17.1. The Kier molecular flexibility index (Phi) is 8.36. The number of carbonyl (C=O) groups excluding carboxylic acids is 3. The number of imide groups is 1. The van der Waals surface area contributed by atoms with Gasteiger partial charge in [-0.15, -0.1) is 0 Å². The van der Waals surface area contributed by atoms with Crippen molar-refractivity contribution < 1.29 is 14.4 Å². The van der Waals surface area contributed by atoms with Crippen LogP contribution < -0.4 is 16.0 Å². The van der Waals surface area contributed by atoms with E-state index in [9.17, 15) is 14.4 Å². The highest BCUT2D eigenvalue weighted by Crippen LogP contribution is 2.20. The van der Waals surface area contributed by atoms with Gasteiger partial charge in [-0.05, 0) is 37.6 Å². The molecule has 154 valence electrons. The van der Waals surface area contributed by atoms with Gasteiger partial charge in [-0.3, -0.25) is 19.8 Å². The largest absolute Gasteiger partial charge is 0.338 e. The van der Waals surface area contributed by atoms with Gasteiger partial charge in [0.25, 0.3) is 0 Å². The Morgan fingerprint density at radius 2 is 1.62 bits per heavy atom. The van der Waals surface area contributed by atoms with Gasteiger partial charge < -0.3 is 10.6 Å². The standard InChI is InChI=1S/C22H28N4O3/c1-4-16-11-9-10-14-18(16)24-19(27)15-26(3)20(17-12-7-6-8-13-17)21(28)25-22(29)23-5-2/h6-14,20H,4-5,15H2,1-3H3,(H,24,27)(H2,23,25,28,29)/t20-/m1/s1. The highest BCUT2D eigenvalue weighted by atomic mass is 16.2. The first-order chi connectivity index (χ1) is 14.0.